The maximum atomic E-state index is 13.8. The van der Waals surface area contributed by atoms with E-state index in [9.17, 15) is 8.78 Å². The van der Waals surface area contributed by atoms with Gasteiger partial charge in [0.2, 0.25) is 0 Å². The van der Waals surface area contributed by atoms with Gasteiger partial charge >= 0.3 is 0 Å². The molecular formula is C15H15F2N. The van der Waals surface area contributed by atoms with Crippen molar-refractivity contribution in [3.05, 3.63) is 59.2 Å². The monoisotopic (exact) mass is 247 g/mol. The summed E-state index contributed by atoms with van der Waals surface area (Å²) in [6, 6.07) is 9.20. The van der Waals surface area contributed by atoms with Crippen LogP contribution in [-0.2, 0) is 0 Å². The van der Waals surface area contributed by atoms with Crippen LogP contribution in [-0.4, -0.2) is 0 Å². The molecule has 0 fully saturated rings. The molecular weight excluding hydrogens is 232 g/mol. The van der Waals surface area contributed by atoms with Crippen LogP contribution in [0.4, 0.5) is 8.78 Å². The molecule has 0 aromatic heterocycles. The van der Waals surface area contributed by atoms with Crippen molar-refractivity contribution in [1.29, 1.82) is 0 Å². The highest BCUT2D eigenvalue weighted by molar-refractivity contribution is 5.65. The molecule has 1 nitrogen and oxygen atoms in total. The Kier molecular flexibility index (Phi) is 3.43. The van der Waals surface area contributed by atoms with Gasteiger partial charge in [-0.25, -0.2) is 8.78 Å². The maximum Gasteiger partial charge on any atom is 0.131 e. The van der Waals surface area contributed by atoms with E-state index in [2.05, 4.69) is 0 Å². The Morgan fingerprint density at radius 2 is 1.72 bits per heavy atom. The molecule has 2 aromatic carbocycles. The van der Waals surface area contributed by atoms with Crippen molar-refractivity contribution in [1.82, 2.24) is 0 Å². The van der Waals surface area contributed by atoms with Crippen molar-refractivity contribution < 1.29 is 8.78 Å². The van der Waals surface area contributed by atoms with Gasteiger partial charge in [-0.15, -0.1) is 0 Å². The first-order valence-corrected chi connectivity index (χ1v) is 5.80. The number of aryl methyl sites for hydroxylation is 1. The minimum atomic E-state index is -0.373. The van der Waals surface area contributed by atoms with Crippen LogP contribution in [0.5, 0.6) is 0 Å². The van der Waals surface area contributed by atoms with Crippen LogP contribution in [0.15, 0.2) is 36.4 Å². The largest absolute Gasteiger partial charge is 0.324 e. The molecule has 94 valence electrons. The fourth-order valence-corrected chi connectivity index (χ4v) is 1.81. The number of benzene rings is 2. The van der Waals surface area contributed by atoms with E-state index in [0.29, 0.717) is 16.7 Å². The van der Waals surface area contributed by atoms with Gasteiger partial charge in [0.25, 0.3) is 0 Å². The zero-order valence-corrected chi connectivity index (χ0v) is 10.4. The van der Waals surface area contributed by atoms with Gasteiger partial charge in [0.1, 0.15) is 11.6 Å². The molecule has 0 spiro atoms. The predicted octanol–water partition coefficient (Wildman–Crippen LogP) is 3.96. The molecule has 0 radical (unpaired) electrons. The summed E-state index contributed by atoms with van der Waals surface area (Å²) in [6.07, 6.45) is 0. The summed E-state index contributed by atoms with van der Waals surface area (Å²) in [5.41, 5.74) is 8.04. The third-order valence-corrected chi connectivity index (χ3v) is 3.00. The Labute approximate surface area is 105 Å². The van der Waals surface area contributed by atoms with E-state index < -0.39 is 0 Å². The number of nitrogens with two attached hydrogens (primary N) is 1. The molecule has 0 saturated carbocycles. The lowest BCUT2D eigenvalue weighted by atomic mass is 9.99. The highest BCUT2D eigenvalue weighted by Gasteiger charge is 2.10. The third kappa shape index (κ3) is 2.41. The smallest absolute Gasteiger partial charge is 0.131 e. The molecule has 0 amide bonds. The topological polar surface area (TPSA) is 26.0 Å². The maximum absolute atomic E-state index is 13.8. The van der Waals surface area contributed by atoms with Gasteiger partial charge < -0.3 is 5.73 Å². The minimum absolute atomic E-state index is 0.181. The fourth-order valence-electron chi connectivity index (χ4n) is 1.81. The Morgan fingerprint density at radius 3 is 2.33 bits per heavy atom. The Balaban J connectivity index is 2.55. The Hall–Kier alpha value is -1.74. The molecule has 1 unspecified atom stereocenters. The van der Waals surface area contributed by atoms with Gasteiger partial charge in [-0.3, -0.25) is 0 Å². The van der Waals surface area contributed by atoms with E-state index in [4.69, 9.17) is 5.73 Å². The average molecular weight is 247 g/mol. The molecule has 0 aliphatic rings. The molecule has 0 aliphatic carbocycles. The lowest BCUT2D eigenvalue weighted by Crippen LogP contribution is -2.05. The second kappa shape index (κ2) is 4.86. The summed E-state index contributed by atoms with van der Waals surface area (Å²) in [7, 11) is 0. The second-order valence-corrected chi connectivity index (χ2v) is 4.49. The molecule has 2 N–H and O–H groups in total. The van der Waals surface area contributed by atoms with E-state index in [-0.39, 0.29) is 17.7 Å². The molecule has 2 rings (SSSR count). The van der Waals surface area contributed by atoms with Crippen molar-refractivity contribution in [3.63, 3.8) is 0 Å². The number of rotatable bonds is 2. The van der Waals surface area contributed by atoms with Crippen LogP contribution >= 0.6 is 0 Å². The second-order valence-electron chi connectivity index (χ2n) is 4.49. The summed E-state index contributed by atoms with van der Waals surface area (Å²) in [5.74, 6) is -0.708. The average Bonchev–Trinajstić information content (AvgIpc) is 2.33. The minimum Gasteiger partial charge on any atom is -0.324 e. The van der Waals surface area contributed by atoms with E-state index >= 15 is 0 Å². The van der Waals surface area contributed by atoms with Crippen LogP contribution in [0.3, 0.4) is 0 Å². The first-order chi connectivity index (χ1) is 8.49. The molecule has 3 heteroatoms. The van der Waals surface area contributed by atoms with Gasteiger partial charge in [-0.2, -0.15) is 0 Å². The van der Waals surface area contributed by atoms with Crippen molar-refractivity contribution >= 4 is 0 Å². The molecule has 0 bridgehead atoms. The molecule has 18 heavy (non-hydrogen) atoms. The fraction of sp³-hybridized carbons (Fsp3) is 0.200. The van der Waals surface area contributed by atoms with Gasteiger partial charge in [0, 0.05) is 11.6 Å². The molecule has 0 heterocycles. The third-order valence-electron chi connectivity index (χ3n) is 3.00. The summed E-state index contributed by atoms with van der Waals surface area (Å²) in [4.78, 5) is 0. The van der Waals surface area contributed by atoms with E-state index in [1.54, 1.807) is 31.2 Å². The molecule has 0 aliphatic heterocycles. The van der Waals surface area contributed by atoms with Gasteiger partial charge in [-0.05, 0) is 48.7 Å². The zero-order valence-electron chi connectivity index (χ0n) is 10.4. The van der Waals surface area contributed by atoms with Crippen molar-refractivity contribution in [2.24, 2.45) is 5.73 Å². The number of halogens is 2. The summed E-state index contributed by atoms with van der Waals surface area (Å²) in [6.45, 7) is 3.50. The lowest BCUT2D eigenvalue weighted by molar-refractivity contribution is 0.617. The highest BCUT2D eigenvalue weighted by Crippen LogP contribution is 2.27. The van der Waals surface area contributed by atoms with Crippen LogP contribution in [0.1, 0.15) is 24.1 Å². The van der Waals surface area contributed by atoms with Gasteiger partial charge in [0.05, 0.1) is 0 Å². The predicted molar refractivity (Wildman–Crippen MR) is 69.1 cm³/mol. The van der Waals surface area contributed by atoms with E-state index in [1.807, 2.05) is 6.92 Å². The van der Waals surface area contributed by atoms with Crippen LogP contribution in [0.25, 0.3) is 11.1 Å². The van der Waals surface area contributed by atoms with E-state index in [1.165, 1.54) is 12.1 Å². The van der Waals surface area contributed by atoms with Crippen molar-refractivity contribution in [2.75, 3.05) is 0 Å². The molecule has 1 atom stereocenters. The number of hydrogen-bond acceptors (Lipinski definition) is 1. The normalized spacial score (nSPS) is 12.5. The van der Waals surface area contributed by atoms with Gasteiger partial charge in [-0.1, -0.05) is 18.2 Å². The lowest BCUT2D eigenvalue weighted by Gasteiger charge is -2.10. The quantitative estimate of drug-likeness (QED) is 0.854. The summed E-state index contributed by atoms with van der Waals surface area (Å²) in [5, 5.41) is 0. The Morgan fingerprint density at radius 1 is 1.00 bits per heavy atom. The SMILES string of the molecule is Cc1ccc(-c2cc(C(C)N)ccc2F)cc1F. The number of hydrogen-bond donors (Lipinski definition) is 1. The van der Waals surface area contributed by atoms with Crippen molar-refractivity contribution in [3.8, 4) is 11.1 Å². The van der Waals surface area contributed by atoms with Crippen molar-refractivity contribution in [2.45, 2.75) is 19.9 Å². The van der Waals surface area contributed by atoms with Crippen LogP contribution in [0, 0.1) is 18.6 Å². The standard InChI is InChI=1S/C15H15F2N/c1-9-3-4-12(8-15(9)17)13-7-11(10(2)18)5-6-14(13)16/h3-8,10H,18H2,1-2H3. The highest BCUT2D eigenvalue weighted by atomic mass is 19.1. The van der Waals surface area contributed by atoms with Gasteiger partial charge in [0.15, 0.2) is 0 Å². The first kappa shape index (κ1) is 12.7. The first-order valence-electron chi connectivity index (χ1n) is 5.80. The van der Waals surface area contributed by atoms with E-state index in [0.717, 1.165) is 5.56 Å². The molecule has 0 saturated heterocycles. The summed E-state index contributed by atoms with van der Waals surface area (Å²) >= 11 is 0. The summed E-state index contributed by atoms with van der Waals surface area (Å²) < 4.78 is 27.3. The Bertz CT molecular complexity index is 577. The van der Waals surface area contributed by atoms with Crippen LogP contribution < -0.4 is 5.73 Å². The molecule has 2 aromatic rings. The van der Waals surface area contributed by atoms with Crippen LogP contribution in [0.2, 0.25) is 0 Å². The zero-order chi connectivity index (χ0) is 13.3.